The summed E-state index contributed by atoms with van der Waals surface area (Å²) in [6, 6.07) is 4.08. The van der Waals surface area contributed by atoms with Gasteiger partial charge in [0.05, 0.1) is 18.8 Å². The van der Waals surface area contributed by atoms with Crippen molar-refractivity contribution in [1.29, 1.82) is 0 Å². The summed E-state index contributed by atoms with van der Waals surface area (Å²) in [4.78, 5) is 50.9. The normalized spacial score (nSPS) is 16.9. The molecule has 0 radical (unpaired) electrons. The van der Waals surface area contributed by atoms with E-state index in [2.05, 4.69) is 15.0 Å². The van der Waals surface area contributed by atoms with Gasteiger partial charge < -0.3 is 10.0 Å². The van der Waals surface area contributed by atoms with Gasteiger partial charge in [-0.1, -0.05) is 12.1 Å². The number of Topliss-reactive ketones (excluding diaryl/α,β-unsaturated/α-hetero) is 1. The van der Waals surface area contributed by atoms with Gasteiger partial charge in [0.1, 0.15) is 17.3 Å². The summed E-state index contributed by atoms with van der Waals surface area (Å²) >= 11 is 0. The molecule has 0 saturated carbocycles. The van der Waals surface area contributed by atoms with Gasteiger partial charge in [0.2, 0.25) is 5.75 Å². The number of halogens is 3. The molecule has 1 amide bonds. The summed E-state index contributed by atoms with van der Waals surface area (Å²) < 4.78 is 42.8. The molecule has 0 unspecified atom stereocenters. The summed E-state index contributed by atoms with van der Waals surface area (Å²) in [5.41, 5.74) is -1.12. The second-order valence-corrected chi connectivity index (χ2v) is 8.18. The maximum absolute atomic E-state index is 14.4. The average molecular weight is 487 g/mol. The topological polar surface area (TPSA) is 118 Å². The molecule has 3 aromatic rings. The van der Waals surface area contributed by atoms with Crippen LogP contribution in [-0.2, 0) is 13.5 Å². The Balaban J connectivity index is 1.68. The number of amides is 1. The van der Waals surface area contributed by atoms with E-state index in [1.54, 1.807) is 0 Å². The minimum atomic E-state index is -3.29. The highest BCUT2D eigenvalue weighted by molar-refractivity contribution is 5.96. The fourth-order valence-electron chi connectivity index (χ4n) is 3.94. The van der Waals surface area contributed by atoms with Crippen molar-refractivity contribution < 1.29 is 27.9 Å². The van der Waals surface area contributed by atoms with Crippen LogP contribution < -0.4 is 5.56 Å². The number of ketones is 1. The molecule has 1 aliphatic heterocycles. The molecule has 1 N–H and O–H groups in total. The van der Waals surface area contributed by atoms with Crippen molar-refractivity contribution in [2.75, 3.05) is 6.54 Å². The number of aromatic hydroxyl groups is 1. The molecule has 9 nitrogen and oxygen atoms in total. The van der Waals surface area contributed by atoms with E-state index in [9.17, 15) is 32.7 Å². The SMILES string of the molecule is Cn1c([C@@H]2CC(F)(F)CN2C(=O)c2cnccn2)nc(C(=O)CCc2ccc(F)cc2)c(O)c1=O. The van der Waals surface area contributed by atoms with Crippen molar-refractivity contribution in [3.05, 3.63) is 81.8 Å². The lowest BCUT2D eigenvalue weighted by Gasteiger charge is -2.24. The lowest BCUT2D eigenvalue weighted by molar-refractivity contribution is 0.0116. The highest BCUT2D eigenvalue weighted by Gasteiger charge is 2.49. The summed E-state index contributed by atoms with van der Waals surface area (Å²) in [5, 5.41) is 10.3. The molecule has 12 heteroatoms. The average Bonchev–Trinajstić information content (AvgIpc) is 3.17. The minimum Gasteiger partial charge on any atom is -0.501 e. The first-order valence-corrected chi connectivity index (χ1v) is 10.6. The van der Waals surface area contributed by atoms with Gasteiger partial charge in [0.25, 0.3) is 17.4 Å². The largest absolute Gasteiger partial charge is 0.501 e. The Bertz CT molecular complexity index is 1330. The van der Waals surface area contributed by atoms with E-state index in [0.29, 0.717) is 5.56 Å². The van der Waals surface area contributed by atoms with E-state index < -0.39 is 59.4 Å². The number of alkyl halides is 2. The third-order valence-corrected chi connectivity index (χ3v) is 5.73. The van der Waals surface area contributed by atoms with Crippen molar-refractivity contribution in [3.8, 4) is 5.75 Å². The predicted molar refractivity (Wildman–Crippen MR) is 116 cm³/mol. The molecule has 3 heterocycles. The van der Waals surface area contributed by atoms with Gasteiger partial charge in [0.15, 0.2) is 11.5 Å². The molecule has 1 aliphatic rings. The Morgan fingerprint density at radius 2 is 1.91 bits per heavy atom. The number of hydrogen-bond acceptors (Lipinski definition) is 7. The molecule has 0 bridgehead atoms. The smallest absolute Gasteiger partial charge is 0.296 e. The number of carbonyl (C=O) groups is 2. The molecular weight excluding hydrogens is 467 g/mol. The zero-order valence-corrected chi connectivity index (χ0v) is 18.5. The van der Waals surface area contributed by atoms with Crippen LogP contribution in [0, 0.1) is 5.82 Å². The Hall–Kier alpha value is -4.09. The van der Waals surface area contributed by atoms with Gasteiger partial charge in [-0.25, -0.2) is 23.1 Å². The highest BCUT2D eigenvalue weighted by Crippen LogP contribution is 2.41. The number of aryl methyl sites for hydroxylation is 1. The third-order valence-electron chi connectivity index (χ3n) is 5.73. The van der Waals surface area contributed by atoms with Crippen LogP contribution in [0.2, 0.25) is 0 Å². The van der Waals surface area contributed by atoms with E-state index in [-0.39, 0.29) is 24.4 Å². The third kappa shape index (κ3) is 4.91. The van der Waals surface area contributed by atoms with Crippen molar-refractivity contribution in [3.63, 3.8) is 0 Å². The lowest BCUT2D eigenvalue weighted by Crippen LogP contribution is -2.36. The Morgan fingerprint density at radius 1 is 1.20 bits per heavy atom. The van der Waals surface area contributed by atoms with Gasteiger partial charge in [-0.3, -0.25) is 23.9 Å². The molecule has 0 aliphatic carbocycles. The molecule has 4 rings (SSSR count). The van der Waals surface area contributed by atoms with Crippen LogP contribution in [0.1, 0.15) is 51.2 Å². The molecule has 1 atom stereocenters. The number of nitrogens with zero attached hydrogens (tertiary/aromatic N) is 5. The van der Waals surface area contributed by atoms with Crippen molar-refractivity contribution in [2.24, 2.45) is 7.05 Å². The molecule has 1 aromatic carbocycles. The standard InChI is InChI=1S/C23H20F3N5O4/c1-30-20(16-10-23(25,26)12-31(16)21(34)15-11-27-8-9-28-15)29-18(19(33)22(30)35)17(32)7-4-13-2-5-14(24)6-3-13/h2-3,5-6,8-9,11,16,33H,4,7,10,12H2,1H3/t16-/m0/s1. The molecule has 35 heavy (non-hydrogen) atoms. The van der Waals surface area contributed by atoms with Crippen molar-refractivity contribution >= 4 is 11.7 Å². The highest BCUT2D eigenvalue weighted by atomic mass is 19.3. The van der Waals surface area contributed by atoms with Crippen LogP contribution in [0.4, 0.5) is 13.2 Å². The summed E-state index contributed by atoms with van der Waals surface area (Å²) in [5.74, 6) is -6.46. The van der Waals surface area contributed by atoms with Gasteiger partial charge >= 0.3 is 0 Å². The van der Waals surface area contributed by atoms with Crippen LogP contribution >= 0.6 is 0 Å². The predicted octanol–water partition coefficient (Wildman–Crippen LogP) is 2.45. The van der Waals surface area contributed by atoms with E-state index in [4.69, 9.17) is 0 Å². The number of hydrogen-bond donors (Lipinski definition) is 1. The number of rotatable bonds is 6. The van der Waals surface area contributed by atoms with Crippen LogP contribution in [0.15, 0.2) is 47.7 Å². The van der Waals surface area contributed by atoms with Gasteiger partial charge in [-0.15, -0.1) is 0 Å². The first-order valence-electron chi connectivity index (χ1n) is 10.6. The van der Waals surface area contributed by atoms with Crippen molar-refractivity contribution in [1.82, 2.24) is 24.4 Å². The second kappa shape index (κ2) is 9.28. The molecular formula is C23H20F3N5O4. The fraction of sp³-hybridized carbons (Fsp3) is 0.304. The van der Waals surface area contributed by atoms with Crippen LogP contribution in [0.5, 0.6) is 5.75 Å². The molecule has 1 saturated heterocycles. The van der Waals surface area contributed by atoms with Gasteiger partial charge in [0, 0.05) is 32.3 Å². The molecule has 182 valence electrons. The van der Waals surface area contributed by atoms with E-state index >= 15 is 0 Å². The monoisotopic (exact) mass is 487 g/mol. The Labute approximate surface area is 196 Å². The number of carbonyl (C=O) groups excluding carboxylic acids is 2. The van der Waals surface area contributed by atoms with Crippen LogP contribution in [-0.4, -0.2) is 53.7 Å². The zero-order chi connectivity index (χ0) is 25.3. The quantitative estimate of drug-likeness (QED) is 0.531. The molecule has 2 aromatic heterocycles. The first kappa shape index (κ1) is 24.0. The molecule has 1 fully saturated rings. The van der Waals surface area contributed by atoms with Gasteiger partial charge in [-0.05, 0) is 24.1 Å². The van der Waals surface area contributed by atoms with Crippen LogP contribution in [0.3, 0.4) is 0 Å². The fourth-order valence-corrected chi connectivity index (χ4v) is 3.94. The van der Waals surface area contributed by atoms with Gasteiger partial charge in [-0.2, -0.15) is 0 Å². The van der Waals surface area contributed by atoms with E-state index in [0.717, 1.165) is 15.7 Å². The zero-order valence-electron chi connectivity index (χ0n) is 18.5. The number of aromatic nitrogens is 4. The lowest BCUT2D eigenvalue weighted by atomic mass is 10.1. The van der Waals surface area contributed by atoms with E-state index in [1.165, 1.54) is 43.7 Å². The first-order chi connectivity index (χ1) is 16.6. The second-order valence-electron chi connectivity index (χ2n) is 8.18. The maximum atomic E-state index is 14.4. The summed E-state index contributed by atoms with van der Waals surface area (Å²) in [7, 11) is 1.21. The van der Waals surface area contributed by atoms with Crippen LogP contribution in [0.25, 0.3) is 0 Å². The number of likely N-dealkylation sites (tertiary alicyclic amines) is 1. The van der Waals surface area contributed by atoms with Crippen molar-refractivity contribution in [2.45, 2.75) is 31.2 Å². The Kier molecular flexibility index (Phi) is 6.37. The Morgan fingerprint density at radius 3 is 2.57 bits per heavy atom. The van der Waals surface area contributed by atoms with E-state index in [1.807, 2.05) is 0 Å². The maximum Gasteiger partial charge on any atom is 0.296 e. The number of benzene rings is 1. The molecule has 0 spiro atoms. The minimum absolute atomic E-state index is 0.170. The summed E-state index contributed by atoms with van der Waals surface area (Å²) in [6.45, 7) is -0.947. The summed E-state index contributed by atoms with van der Waals surface area (Å²) in [6.07, 6.45) is 2.84.